The number of carbonyl (C=O) groups is 2. The molecule has 3 amide bonds. The van der Waals surface area contributed by atoms with Crippen LogP contribution in [0.2, 0.25) is 0 Å². The molecule has 0 saturated carbocycles. The Hall–Kier alpha value is -2.05. The monoisotopic (exact) mass is 322 g/mol. The molecule has 3 N–H and O–H groups in total. The van der Waals surface area contributed by atoms with Gasteiger partial charge < -0.3 is 20.5 Å². The first kappa shape index (κ1) is 17.3. The maximum Gasteiger partial charge on any atom is 0.317 e. The summed E-state index contributed by atoms with van der Waals surface area (Å²) in [7, 11) is 0. The van der Waals surface area contributed by atoms with Crippen molar-refractivity contribution in [1.82, 2.24) is 15.4 Å². The summed E-state index contributed by atoms with van der Waals surface area (Å²) in [4.78, 5) is 25.2. The smallest absolute Gasteiger partial charge is 0.317 e. The second kappa shape index (κ2) is 7.48. The van der Waals surface area contributed by atoms with Crippen molar-refractivity contribution >= 4 is 11.9 Å². The second-order valence-electron chi connectivity index (χ2n) is 6.45. The van der Waals surface area contributed by atoms with Gasteiger partial charge in [0.25, 0.3) is 0 Å². The van der Waals surface area contributed by atoms with Crippen molar-refractivity contribution in [2.45, 2.75) is 46.0 Å². The number of carbonyl (C=O) groups excluding carboxylic acids is 2. The standard InChI is InChI=1S/C16H26N4O3/c1-10(15-11(2)19-23-12(15)3)8-18-16(22)20-6-4-5-13(9-20)7-14(17)21/h10,13H,4-9H2,1-3H3,(H2,17,21)(H,18,22)/t10-,13-/m0/s1. The normalized spacial score (nSPS) is 19.4. The fourth-order valence-corrected chi connectivity index (χ4v) is 3.35. The Morgan fingerprint density at radius 1 is 1.48 bits per heavy atom. The van der Waals surface area contributed by atoms with E-state index in [-0.39, 0.29) is 23.8 Å². The Labute approximate surface area is 136 Å². The van der Waals surface area contributed by atoms with Crippen LogP contribution in [0.1, 0.15) is 49.1 Å². The number of primary amides is 1. The number of hydrogen-bond donors (Lipinski definition) is 2. The van der Waals surface area contributed by atoms with Crippen molar-refractivity contribution in [1.29, 1.82) is 0 Å². The summed E-state index contributed by atoms with van der Waals surface area (Å²) in [5, 5.41) is 6.92. The van der Waals surface area contributed by atoms with Crippen LogP contribution in [-0.4, -0.2) is 41.6 Å². The van der Waals surface area contributed by atoms with E-state index in [1.54, 1.807) is 4.90 Å². The number of nitrogens with one attached hydrogen (secondary N) is 1. The van der Waals surface area contributed by atoms with Gasteiger partial charge in [-0.25, -0.2) is 4.79 Å². The molecule has 1 aliphatic heterocycles. The highest BCUT2D eigenvalue weighted by Crippen LogP contribution is 2.23. The summed E-state index contributed by atoms with van der Waals surface area (Å²) in [6, 6.07) is -0.0854. The van der Waals surface area contributed by atoms with Gasteiger partial charge in [0.2, 0.25) is 5.91 Å². The van der Waals surface area contributed by atoms with E-state index in [1.807, 2.05) is 20.8 Å². The van der Waals surface area contributed by atoms with Crippen LogP contribution in [0.3, 0.4) is 0 Å². The summed E-state index contributed by atoms with van der Waals surface area (Å²) in [5.74, 6) is 0.802. The summed E-state index contributed by atoms with van der Waals surface area (Å²) in [5.41, 5.74) is 7.17. The fraction of sp³-hybridized carbons (Fsp3) is 0.688. The molecule has 7 nitrogen and oxygen atoms in total. The third kappa shape index (κ3) is 4.46. The molecule has 2 atom stereocenters. The number of aryl methyl sites for hydroxylation is 2. The van der Waals surface area contributed by atoms with E-state index in [1.165, 1.54) is 0 Å². The number of amides is 3. The minimum atomic E-state index is -0.302. The molecule has 0 bridgehead atoms. The van der Waals surface area contributed by atoms with Crippen LogP contribution in [0.25, 0.3) is 0 Å². The van der Waals surface area contributed by atoms with E-state index >= 15 is 0 Å². The maximum absolute atomic E-state index is 12.3. The van der Waals surface area contributed by atoms with E-state index in [4.69, 9.17) is 10.3 Å². The van der Waals surface area contributed by atoms with Gasteiger partial charge in [-0.1, -0.05) is 12.1 Å². The zero-order chi connectivity index (χ0) is 17.0. The van der Waals surface area contributed by atoms with E-state index in [9.17, 15) is 9.59 Å². The van der Waals surface area contributed by atoms with E-state index in [2.05, 4.69) is 10.5 Å². The van der Waals surface area contributed by atoms with Crippen molar-refractivity contribution in [2.24, 2.45) is 11.7 Å². The number of hydrogen-bond acceptors (Lipinski definition) is 4. The van der Waals surface area contributed by atoms with Gasteiger partial charge in [-0.05, 0) is 32.6 Å². The fourth-order valence-electron chi connectivity index (χ4n) is 3.35. The zero-order valence-electron chi connectivity index (χ0n) is 14.1. The van der Waals surface area contributed by atoms with Gasteiger partial charge in [-0.3, -0.25) is 4.79 Å². The van der Waals surface area contributed by atoms with E-state index in [0.717, 1.165) is 36.4 Å². The highest BCUT2D eigenvalue weighted by molar-refractivity contribution is 5.75. The molecule has 1 fully saturated rings. The number of piperidine rings is 1. The van der Waals surface area contributed by atoms with Crippen molar-refractivity contribution in [3.8, 4) is 0 Å². The van der Waals surface area contributed by atoms with Gasteiger partial charge in [-0.2, -0.15) is 0 Å². The molecule has 0 unspecified atom stereocenters. The minimum Gasteiger partial charge on any atom is -0.370 e. The molecule has 0 radical (unpaired) electrons. The molecular weight excluding hydrogens is 296 g/mol. The predicted octanol–water partition coefficient (Wildman–Crippen LogP) is 1.69. The quantitative estimate of drug-likeness (QED) is 0.861. The molecule has 1 aromatic heterocycles. The van der Waals surface area contributed by atoms with E-state index in [0.29, 0.717) is 19.5 Å². The number of nitrogens with zero attached hydrogens (tertiary/aromatic N) is 2. The average molecular weight is 322 g/mol. The predicted molar refractivity (Wildman–Crippen MR) is 85.9 cm³/mol. The summed E-state index contributed by atoms with van der Waals surface area (Å²) in [6.45, 7) is 7.67. The van der Waals surface area contributed by atoms with Gasteiger partial charge in [0.15, 0.2) is 0 Å². The highest BCUT2D eigenvalue weighted by Gasteiger charge is 2.25. The van der Waals surface area contributed by atoms with Crippen LogP contribution >= 0.6 is 0 Å². The van der Waals surface area contributed by atoms with Gasteiger partial charge in [-0.15, -0.1) is 0 Å². The van der Waals surface area contributed by atoms with Crippen molar-refractivity contribution < 1.29 is 14.1 Å². The first-order chi connectivity index (χ1) is 10.9. The Kier molecular flexibility index (Phi) is 5.63. The molecular formula is C16H26N4O3. The molecule has 2 rings (SSSR count). The molecule has 7 heteroatoms. The van der Waals surface area contributed by atoms with Crippen LogP contribution in [0.15, 0.2) is 4.52 Å². The Morgan fingerprint density at radius 2 is 2.22 bits per heavy atom. The summed E-state index contributed by atoms with van der Waals surface area (Å²) < 4.78 is 5.17. The molecule has 0 aliphatic carbocycles. The lowest BCUT2D eigenvalue weighted by atomic mass is 9.95. The summed E-state index contributed by atoms with van der Waals surface area (Å²) in [6.07, 6.45) is 2.20. The number of rotatable bonds is 5. The van der Waals surface area contributed by atoms with Crippen molar-refractivity contribution in [2.75, 3.05) is 19.6 Å². The summed E-state index contributed by atoms with van der Waals surface area (Å²) >= 11 is 0. The molecule has 2 heterocycles. The highest BCUT2D eigenvalue weighted by atomic mass is 16.5. The lowest BCUT2D eigenvalue weighted by Crippen LogP contribution is -2.46. The topological polar surface area (TPSA) is 101 Å². The van der Waals surface area contributed by atoms with Crippen LogP contribution in [0.5, 0.6) is 0 Å². The molecule has 1 aliphatic rings. The third-order valence-electron chi connectivity index (χ3n) is 4.44. The Bertz CT molecular complexity index is 550. The lowest BCUT2D eigenvalue weighted by Gasteiger charge is -2.32. The van der Waals surface area contributed by atoms with E-state index < -0.39 is 0 Å². The Balaban J connectivity index is 1.85. The zero-order valence-corrected chi connectivity index (χ0v) is 14.1. The average Bonchev–Trinajstić information content (AvgIpc) is 2.83. The molecule has 1 aromatic rings. The number of aromatic nitrogens is 1. The van der Waals surface area contributed by atoms with Gasteiger partial charge in [0, 0.05) is 37.5 Å². The second-order valence-corrected chi connectivity index (χ2v) is 6.45. The third-order valence-corrected chi connectivity index (χ3v) is 4.44. The van der Waals surface area contributed by atoms with Crippen molar-refractivity contribution in [3.05, 3.63) is 17.0 Å². The van der Waals surface area contributed by atoms with Crippen molar-refractivity contribution in [3.63, 3.8) is 0 Å². The molecule has 1 saturated heterocycles. The van der Waals surface area contributed by atoms with Crippen LogP contribution in [-0.2, 0) is 4.79 Å². The van der Waals surface area contributed by atoms with Gasteiger partial charge in [0.1, 0.15) is 5.76 Å². The molecule has 23 heavy (non-hydrogen) atoms. The number of urea groups is 1. The Morgan fingerprint density at radius 3 is 2.83 bits per heavy atom. The van der Waals surface area contributed by atoms with Crippen LogP contribution in [0.4, 0.5) is 4.79 Å². The van der Waals surface area contributed by atoms with Crippen LogP contribution < -0.4 is 11.1 Å². The first-order valence-corrected chi connectivity index (χ1v) is 8.12. The first-order valence-electron chi connectivity index (χ1n) is 8.12. The maximum atomic E-state index is 12.3. The molecule has 0 aromatic carbocycles. The molecule has 0 spiro atoms. The van der Waals surface area contributed by atoms with Gasteiger partial charge >= 0.3 is 6.03 Å². The number of nitrogens with two attached hydrogens (primary N) is 1. The SMILES string of the molecule is Cc1noc(C)c1[C@@H](C)CNC(=O)N1CCC[C@@H](CC(N)=O)C1. The minimum absolute atomic E-state index is 0.0854. The number of likely N-dealkylation sites (tertiary alicyclic amines) is 1. The molecule has 128 valence electrons. The lowest BCUT2D eigenvalue weighted by molar-refractivity contribution is -0.119. The van der Waals surface area contributed by atoms with Gasteiger partial charge in [0.05, 0.1) is 5.69 Å². The largest absolute Gasteiger partial charge is 0.370 e. The van der Waals surface area contributed by atoms with Crippen LogP contribution in [0, 0.1) is 19.8 Å².